The number of benzene rings is 1. The Bertz CT molecular complexity index is 1160. The highest BCUT2D eigenvalue weighted by molar-refractivity contribution is 6.00. The van der Waals surface area contributed by atoms with Gasteiger partial charge in [-0.2, -0.15) is 5.10 Å². The first-order chi connectivity index (χ1) is 14.3. The zero-order valence-electron chi connectivity index (χ0n) is 17.0. The maximum atomic E-state index is 14.0. The molecule has 2 bridgehead atoms. The Labute approximate surface area is 172 Å². The van der Waals surface area contributed by atoms with E-state index in [-0.39, 0.29) is 24.4 Å². The zero-order valence-corrected chi connectivity index (χ0v) is 17.0. The van der Waals surface area contributed by atoms with E-state index in [0.717, 1.165) is 5.56 Å². The number of rotatable bonds is 0. The number of ether oxygens (including phenoxy) is 2. The molecule has 0 saturated heterocycles. The summed E-state index contributed by atoms with van der Waals surface area (Å²) in [6.45, 7) is 6.84. The maximum Gasteiger partial charge on any atom is 0.257 e. The third-order valence-electron chi connectivity index (χ3n) is 5.38. The predicted molar refractivity (Wildman–Crippen MR) is 108 cm³/mol. The van der Waals surface area contributed by atoms with Crippen molar-refractivity contribution in [3.8, 4) is 11.5 Å². The van der Waals surface area contributed by atoms with Gasteiger partial charge in [0, 0.05) is 18.2 Å². The normalized spacial score (nSPS) is 20.3. The third-order valence-corrected chi connectivity index (χ3v) is 5.38. The smallest absolute Gasteiger partial charge is 0.257 e. The standard InChI is InChI=1S/C21H22FN5O3/c1-12-10-29-17-9-27-18-15(7-23-27)20(28)25-21(2,3)11-30-16-6-14(22)5-4-13(16)8-26(12)19(17)24-18/h4-7,9,12H,8,10-11H2,1-3H3,(H,25,28)/t12-/m1/s1. The van der Waals surface area contributed by atoms with Crippen molar-refractivity contribution in [2.45, 2.75) is 38.9 Å². The van der Waals surface area contributed by atoms with Crippen LogP contribution in [0.2, 0.25) is 0 Å². The van der Waals surface area contributed by atoms with Crippen molar-refractivity contribution < 1.29 is 18.7 Å². The van der Waals surface area contributed by atoms with Crippen LogP contribution >= 0.6 is 0 Å². The molecule has 3 aromatic rings. The molecule has 0 unspecified atom stereocenters. The molecule has 4 heterocycles. The molecule has 0 saturated carbocycles. The lowest BCUT2D eigenvalue weighted by Crippen LogP contribution is -2.47. The van der Waals surface area contributed by atoms with Crippen molar-refractivity contribution in [3.05, 3.63) is 47.5 Å². The average molecular weight is 411 g/mol. The minimum absolute atomic E-state index is 0.0205. The topological polar surface area (TPSA) is 81.0 Å². The highest BCUT2D eigenvalue weighted by Gasteiger charge is 2.31. The van der Waals surface area contributed by atoms with Gasteiger partial charge in [0.25, 0.3) is 5.91 Å². The molecule has 0 radical (unpaired) electrons. The summed E-state index contributed by atoms with van der Waals surface area (Å²) in [5.41, 5.74) is 0.944. The van der Waals surface area contributed by atoms with E-state index in [1.807, 2.05) is 20.8 Å². The van der Waals surface area contributed by atoms with Gasteiger partial charge < -0.3 is 19.7 Å². The second-order valence-corrected chi connectivity index (χ2v) is 8.42. The van der Waals surface area contributed by atoms with Crippen LogP contribution in [0, 0.1) is 5.82 Å². The fraction of sp³-hybridized carbons (Fsp3) is 0.381. The minimum atomic E-state index is -0.699. The molecule has 5 rings (SSSR count). The van der Waals surface area contributed by atoms with Crippen molar-refractivity contribution in [1.29, 1.82) is 0 Å². The number of anilines is 1. The van der Waals surface area contributed by atoms with Gasteiger partial charge in [0.15, 0.2) is 17.2 Å². The zero-order chi connectivity index (χ0) is 21.0. The molecule has 9 heteroatoms. The van der Waals surface area contributed by atoms with Gasteiger partial charge in [0.05, 0.1) is 24.0 Å². The molecule has 156 valence electrons. The first-order valence-electron chi connectivity index (χ1n) is 9.82. The Morgan fingerprint density at radius 2 is 2.10 bits per heavy atom. The summed E-state index contributed by atoms with van der Waals surface area (Å²) in [6.07, 6.45) is 3.23. The van der Waals surface area contributed by atoms with E-state index < -0.39 is 5.54 Å². The first-order valence-corrected chi connectivity index (χ1v) is 9.82. The molecule has 2 aromatic heterocycles. The van der Waals surface area contributed by atoms with Gasteiger partial charge in [0.2, 0.25) is 0 Å². The molecule has 0 fully saturated rings. The van der Waals surface area contributed by atoms with Crippen molar-refractivity contribution in [1.82, 2.24) is 19.9 Å². The Kier molecular flexibility index (Phi) is 4.09. The van der Waals surface area contributed by atoms with E-state index in [2.05, 4.69) is 15.3 Å². The Hall–Kier alpha value is -3.36. The number of hydrogen-bond acceptors (Lipinski definition) is 6. The quantitative estimate of drug-likeness (QED) is 0.612. The van der Waals surface area contributed by atoms with E-state index in [9.17, 15) is 9.18 Å². The number of carbonyl (C=O) groups excluding carboxylic acids is 1. The van der Waals surface area contributed by atoms with Gasteiger partial charge in [-0.05, 0) is 26.8 Å². The number of fused-ring (bicyclic) bond motifs is 1. The van der Waals surface area contributed by atoms with Crippen LogP contribution in [0.4, 0.5) is 10.2 Å². The fourth-order valence-corrected chi connectivity index (χ4v) is 3.74. The molecule has 8 nitrogen and oxygen atoms in total. The number of amides is 1. The lowest BCUT2D eigenvalue weighted by Gasteiger charge is -2.36. The molecular weight excluding hydrogens is 389 g/mol. The molecule has 2 aliphatic rings. The van der Waals surface area contributed by atoms with Gasteiger partial charge in [-0.3, -0.25) is 4.79 Å². The number of nitrogens with one attached hydrogen (secondary N) is 1. The van der Waals surface area contributed by atoms with Crippen molar-refractivity contribution in [2.75, 3.05) is 18.1 Å². The van der Waals surface area contributed by atoms with E-state index >= 15 is 0 Å². The van der Waals surface area contributed by atoms with Gasteiger partial charge in [-0.15, -0.1) is 0 Å². The van der Waals surface area contributed by atoms with Gasteiger partial charge >= 0.3 is 0 Å². The van der Waals surface area contributed by atoms with Gasteiger partial charge in [0.1, 0.15) is 30.3 Å². The highest BCUT2D eigenvalue weighted by Crippen LogP contribution is 2.35. The van der Waals surface area contributed by atoms with Crippen LogP contribution in [0.3, 0.4) is 0 Å². The number of aromatic nitrogens is 3. The molecule has 2 aliphatic heterocycles. The highest BCUT2D eigenvalue weighted by atomic mass is 19.1. The number of carbonyl (C=O) groups is 1. The SMILES string of the molecule is C[C@@H]1COc2cn3ncc4c3nc2N1Cc1ccc(F)cc1OCC(C)(C)NC4=O. The monoisotopic (exact) mass is 411 g/mol. The Morgan fingerprint density at radius 3 is 2.93 bits per heavy atom. The van der Waals surface area contributed by atoms with Crippen molar-refractivity contribution in [2.24, 2.45) is 0 Å². The van der Waals surface area contributed by atoms with E-state index in [4.69, 9.17) is 14.5 Å². The molecule has 1 aromatic carbocycles. The van der Waals surface area contributed by atoms with Crippen LogP contribution < -0.4 is 19.7 Å². The van der Waals surface area contributed by atoms with Crippen LogP contribution in [-0.4, -0.2) is 45.3 Å². The summed E-state index contributed by atoms with van der Waals surface area (Å²) < 4.78 is 27.4. The largest absolute Gasteiger partial charge is 0.491 e. The molecule has 1 N–H and O–H groups in total. The second-order valence-electron chi connectivity index (χ2n) is 8.42. The fourth-order valence-electron chi connectivity index (χ4n) is 3.74. The van der Waals surface area contributed by atoms with E-state index in [1.54, 1.807) is 16.8 Å². The summed E-state index contributed by atoms with van der Waals surface area (Å²) >= 11 is 0. The number of nitrogens with zero attached hydrogens (tertiary/aromatic N) is 4. The van der Waals surface area contributed by atoms with E-state index in [1.165, 1.54) is 18.3 Å². The summed E-state index contributed by atoms with van der Waals surface area (Å²) in [4.78, 5) is 19.8. The van der Waals surface area contributed by atoms with Crippen molar-refractivity contribution >= 4 is 17.4 Å². The summed E-state index contributed by atoms with van der Waals surface area (Å²) in [7, 11) is 0. The molecular formula is C21H22FN5O3. The molecule has 1 atom stereocenters. The minimum Gasteiger partial charge on any atom is -0.491 e. The molecule has 0 aliphatic carbocycles. The Balaban J connectivity index is 1.71. The second kappa shape index (κ2) is 6.58. The third kappa shape index (κ3) is 3.10. The molecule has 0 spiro atoms. The van der Waals surface area contributed by atoms with Crippen molar-refractivity contribution in [3.63, 3.8) is 0 Å². The molecule has 30 heavy (non-hydrogen) atoms. The van der Waals surface area contributed by atoms with Gasteiger partial charge in [-0.25, -0.2) is 13.9 Å². The van der Waals surface area contributed by atoms with Crippen LogP contribution in [0.5, 0.6) is 11.5 Å². The van der Waals surface area contributed by atoms with Crippen LogP contribution in [-0.2, 0) is 6.54 Å². The summed E-state index contributed by atoms with van der Waals surface area (Å²) in [5.74, 6) is 0.958. The lowest BCUT2D eigenvalue weighted by molar-refractivity contribution is 0.0882. The van der Waals surface area contributed by atoms with E-state index in [0.29, 0.717) is 41.7 Å². The lowest BCUT2D eigenvalue weighted by atomic mass is 10.1. The summed E-state index contributed by atoms with van der Waals surface area (Å²) in [6, 6.07) is 4.54. The molecule has 1 amide bonds. The number of hydrogen-bond donors (Lipinski definition) is 1. The average Bonchev–Trinajstić information content (AvgIpc) is 3.11. The maximum absolute atomic E-state index is 14.0. The van der Waals surface area contributed by atoms with Crippen LogP contribution in [0.25, 0.3) is 5.65 Å². The van der Waals surface area contributed by atoms with Crippen LogP contribution in [0.1, 0.15) is 36.7 Å². The predicted octanol–water partition coefficient (Wildman–Crippen LogP) is 2.56. The van der Waals surface area contributed by atoms with Gasteiger partial charge in [-0.1, -0.05) is 6.07 Å². The first kappa shape index (κ1) is 18.7. The Morgan fingerprint density at radius 1 is 1.27 bits per heavy atom. The van der Waals surface area contributed by atoms with Crippen LogP contribution in [0.15, 0.2) is 30.6 Å². The number of halogens is 1. The summed E-state index contributed by atoms with van der Waals surface area (Å²) in [5, 5.41) is 7.24.